The molecule has 1 aromatic heterocycles. The van der Waals surface area contributed by atoms with Crippen molar-refractivity contribution >= 4 is 0 Å². The summed E-state index contributed by atoms with van der Waals surface area (Å²) in [7, 11) is 0. The molecule has 0 fully saturated rings. The van der Waals surface area contributed by atoms with Gasteiger partial charge in [0.1, 0.15) is 0 Å². The zero-order chi connectivity index (χ0) is 12.2. The van der Waals surface area contributed by atoms with Gasteiger partial charge >= 0.3 is 6.18 Å². The zero-order valence-corrected chi connectivity index (χ0v) is 9.43. The second-order valence-electron chi connectivity index (χ2n) is 3.52. The molecule has 1 N–H and O–H groups in total. The number of rotatable bonds is 5. The highest BCUT2D eigenvalue weighted by Gasteiger charge is 2.26. The van der Waals surface area contributed by atoms with E-state index in [2.05, 4.69) is 10.4 Å². The van der Waals surface area contributed by atoms with Gasteiger partial charge in [-0.2, -0.15) is 18.3 Å². The zero-order valence-electron chi connectivity index (χ0n) is 9.43. The maximum absolute atomic E-state index is 11.9. The van der Waals surface area contributed by atoms with Crippen molar-refractivity contribution in [3.8, 4) is 0 Å². The minimum Gasteiger partial charge on any atom is -0.303 e. The average molecular weight is 235 g/mol. The molecule has 0 aromatic carbocycles. The predicted molar refractivity (Wildman–Crippen MR) is 55.0 cm³/mol. The van der Waals surface area contributed by atoms with Crippen molar-refractivity contribution in [2.24, 2.45) is 0 Å². The van der Waals surface area contributed by atoms with Gasteiger partial charge in [0.05, 0.1) is 17.9 Å². The van der Waals surface area contributed by atoms with Crippen LogP contribution in [0.3, 0.4) is 0 Å². The molecule has 1 heterocycles. The van der Waals surface area contributed by atoms with Crippen LogP contribution in [0.1, 0.15) is 25.2 Å². The largest absolute Gasteiger partial charge is 0.401 e. The number of alkyl halides is 3. The molecule has 1 aromatic rings. The van der Waals surface area contributed by atoms with E-state index in [9.17, 15) is 13.2 Å². The van der Waals surface area contributed by atoms with Crippen LogP contribution < -0.4 is 5.32 Å². The fourth-order valence-electron chi connectivity index (χ4n) is 1.44. The summed E-state index contributed by atoms with van der Waals surface area (Å²) < 4.78 is 37.5. The maximum atomic E-state index is 11.9. The van der Waals surface area contributed by atoms with Crippen LogP contribution in [0.5, 0.6) is 0 Å². The van der Waals surface area contributed by atoms with Crippen molar-refractivity contribution in [1.29, 1.82) is 0 Å². The molecule has 1 rings (SSSR count). The molecule has 0 aliphatic carbocycles. The Labute approximate surface area is 92.6 Å². The van der Waals surface area contributed by atoms with E-state index in [1.807, 2.05) is 19.9 Å². The Morgan fingerprint density at radius 3 is 2.56 bits per heavy atom. The minimum absolute atomic E-state index is 0.195. The second-order valence-corrected chi connectivity index (χ2v) is 3.52. The van der Waals surface area contributed by atoms with Crippen LogP contribution >= 0.6 is 0 Å². The van der Waals surface area contributed by atoms with Crippen molar-refractivity contribution in [3.63, 3.8) is 0 Å². The quantitative estimate of drug-likeness (QED) is 0.847. The first-order valence-electron chi connectivity index (χ1n) is 5.29. The first-order chi connectivity index (χ1) is 7.46. The number of nitrogens with one attached hydrogen (secondary N) is 1. The molecule has 0 aliphatic heterocycles. The van der Waals surface area contributed by atoms with E-state index in [0.717, 1.165) is 17.8 Å². The van der Waals surface area contributed by atoms with Crippen molar-refractivity contribution < 1.29 is 13.2 Å². The SMILES string of the molecule is CCc1cc(CNCC(F)(F)F)n(CC)n1. The van der Waals surface area contributed by atoms with E-state index < -0.39 is 12.7 Å². The van der Waals surface area contributed by atoms with Crippen LogP contribution in [0.4, 0.5) is 13.2 Å². The summed E-state index contributed by atoms with van der Waals surface area (Å²) in [5.41, 5.74) is 1.70. The van der Waals surface area contributed by atoms with Gasteiger partial charge in [-0.15, -0.1) is 0 Å². The van der Waals surface area contributed by atoms with Gasteiger partial charge in [0.2, 0.25) is 0 Å². The number of halogens is 3. The molecular weight excluding hydrogens is 219 g/mol. The van der Waals surface area contributed by atoms with Crippen LogP contribution in [0.2, 0.25) is 0 Å². The van der Waals surface area contributed by atoms with Crippen LogP contribution in [0.15, 0.2) is 6.07 Å². The molecule has 0 unspecified atom stereocenters. The normalized spacial score (nSPS) is 12.1. The van der Waals surface area contributed by atoms with Crippen molar-refractivity contribution in [2.75, 3.05) is 6.54 Å². The maximum Gasteiger partial charge on any atom is 0.401 e. The lowest BCUT2D eigenvalue weighted by Crippen LogP contribution is -2.29. The third-order valence-electron chi connectivity index (χ3n) is 2.21. The Bertz CT molecular complexity index is 331. The lowest BCUT2D eigenvalue weighted by molar-refractivity contribution is -0.125. The molecule has 0 saturated carbocycles. The van der Waals surface area contributed by atoms with E-state index in [0.29, 0.717) is 6.54 Å². The molecule has 92 valence electrons. The second kappa shape index (κ2) is 5.34. The smallest absolute Gasteiger partial charge is 0.303 e. The molecule has 0 saturated heterocycles. The Balaban J connectivity index is 2.55. The Morgan fingerprint density at radius 2 is 2.06 bits per heavy atom. The Hall–Kier alpha value is -1.04. The fourth-order valence-corrected chi connectivity index (χ4v) is 1.44. The molecule has 0 radical (unpaired) electrons. The van der Waals surface area contributed by atoms with Crippen LogP contribution in [0, 0.1) is 0 Å². The summed E-state index contributed by atoms with van der Waals surface area (Å²) in [5.74, 6) is 0. The average Bonchev–Trinajstić information content (AvgIpc) is 2.58. The predicted octanol–water partition coefficient (Wildman–Crippen LogP) is 2.12. The molecule has 0 aliphatic rings. The fraction of sp³-hybridized carbons (Fsp3) is 0.700. The Kier molecular flexibility index (Phi) is 4.35. The van der Waals surface area contributed by atoms with Crippen LogP contribution in [-0.2, 0) is 19.5 Å². The Morgan fingerprint density at radius 1 is 1.38 bits per heavy atom. The summed E-state index contributed by atoms with van der Waals surface area (Å²) in [5, 5.41) is 6.63. The highest BCUT2D eigenvalue weighted by Crippen LogP contribution is 2.13. The third kappa shape index (κ3) is 3.84. The van der Waals surface area contributed by atoms with Gasteiger partial charge < -0.3 is 5.32 Å². The molecular formula is C10H16F3N3. The summed E-state index contributed by atoms with van der Waals surface area (Å²) in [6, 6.07) is 1.84. The third-order valence-corrected chi connectivity index (χ3v) is 2.21. The van der Waals surface area contributed by atoms with Gasteiger partial charge in [0.25, 0.3) is 0 Å². The standard InChI is InChI=1S/C10H16F3N3/c1-3-8-5-9(16(4-2)15-8)6-14-7-10(11,12)13/h5,14H,3-4,6-7H2,1-2H3. The number of hydrogen-bond acceptors (Lipinski definition) is 2. The summed E-state index contributed by atoms with van der Waals surface area (Å²) >= 11 is 0. The van der Waals surface area contributed by atoms with Gasteiger partial charge in [-0.25, -0.2) is 0 Å². The lowest BCUT2D eigenvalue weighted by Gasteiger charge is -2.08. The first-order valence-corrected chi connectivity index (χ1v) is 5.29. The topological polar surface area (TPSA) is 29.9 Å². The number of aryl methyl sites for hydroxylation is 2. The van der Waals surface area contributed by atoms with Gasteiger partial charge in [-0.1, -0.05) is 6.92 Å². The molecule has 0 spiro atoms. The number of hydrogen-bond donors (Lipinski definition) is 1. The molecule has 6 heteroatoms. The van der Waals surface area contributed by atoms with E-state index in [4.69, 9.17) is 0 Å². The monoisotopic (exact) mass is 235 g/mol. The van der Waals surface area contributed by atoms with Crippen molar-refractivity contribution in [3.05, 3.63) is 17.5 Å². The summed E-state index contributed by atoms with van der Waals surface area (Å²) in [4.78, 5) is 0. The van der Waals surface area contributed by atoms with E-state index in [-0.39, 0.29) is 6.54 Å². The summed E-state index contributed by atoms with van der Waals surface area (Å²) in [6.07, 6.45) is -3.37. The minimum atomic E-state index is -4.16. The van der Waals surface area contributed by atoms with E-state index in [1.165, 1.54) is 0 Å². The van der Waals surface area contributed by atoms with Gasteiger partial charge in [-0.3, -0.25) is 4.68 Å². The molecule has 16 heavy (non-hydrogen) atoms. The summed E-state index contributed by atoms with van der Waals surface area (Å²) in [6.45, 7) is 3.78. The van der Waals surface area contributed by atoms with Crippen molar-refractivity contribution in [1.82, 2.24) is 15.1 Å². The van der Waals surface area contributed by atoms with Crippen LogP contribution in [-0.4, -0.2) is 22.5 Å². The lowest BCUT2D eigenvalue weighted by atomic mass is 10.3. The van der Waals surface area contributed by atoms with Gasteiger partial charge in [0, 0.05) is 13.1 Å². The van der Waals surface area contributed by atoms with Crippen LogP contribution in [0.25, 0.3) is 0 Å². The molecule has 0 bridgehead atoms. The first kappa shape index (κ1) is 13.0. The van der Waals surface area contributed by atoms with E-state index in [1.54, 1.807) is 4.68 Å². The number of aromatic nitrogens is 2. The molecule has 0 atom stereocenters. The van der Waals surface area contributed by atoms with E-state index >= 15 is 0 Å². The number of nitrogens with zero attached hydrogens (tertiary/aromatic N) is 2. The van der Waals surface area contributed by atoms with Gasteiger partial charge in [-0.05, 0) is 19.4 Å². The molecule has 3 nitrogen and oxygen atoms in total. The highest BCUT2D eigenvalue weighted by atomic mass is 19.4. The highest BCUT2D eigenvalue weighted by molar-refractivity contribution is 5.10. The molecule has 0 amide bonds. The van der Waals surface area contributed by atoms with Crippen molar-refractivity contribution in [2.45, 2.75) is 39.5 Å². The van der Waals surface area contributed by atoms with Gasteiger partial charge in [0.15, 0.2) is 0 Å².